The van der Waals surface area contributed by atoms with Crippen LogP contribution in [0, 0.1) is 20.8 Å². The average Bonchev–Trinajstić information content (AvgIpc) is 3.02. The Morgan fingerprint density at radius 3 is 2.38 bits per heavy atom. The van der Waals surface area contributed by atoms with Crippen LogP contribution in [0.4, 0.5) is 0 Å². The molecule has 1 aromatic heterocycles. The highest BCUT2D eigenvalue weighted by Crippen LogP contribution is 2.21. The number of carbonyl (C=O) groups is 1. The summed E-state index contributed by atoms with van der Waals surface area (Å²) < 4.78 is 5.54. The predicted octanol–water partition coefficient (Wildman–Crippen LogP) is 3.51. The lowest BCUT2D eigenvalue weighted by atomic mass is 10.0. The van der Waals surface area contributed by atoms with Crippen molar-refractivity contribution in [3.8, 4) is 0 Å². The minimum atomic E-state index is -0.485. The van der Waals surface area contributed by atoms with E-state index in [1.165, 1.54) is 0 Å². The minimum Gasteiger partial charge on any atom is -0.423 e. The minimum absolute atomic E-state index is 0.178. The zero-order chi connectivity index (χ0) is 17.1. The second-order valence-electron chi connectivity index (χ2n) is 5.78. The number of rotatable bonds is 4. The van der Waals surface area contributed by atoms with Gasteiger partial charge in [0.15, 0.2) is 0 Å². The van der Waals surface area contributed by atoms with Crippen molar-refractivity contribution in [2.24, 2.45) is 0 Å². The van der Waals surface area contributed by atoms with Gasteiger partial charge in [0.05, 0.1) is 0 Å². The lowest BCUT2D eigenvalue weighted by Gasteiger charge is -2.16. The van der Waals surface area contributed by atoms with Crippen LogP contribution in [0.5, 0.6) is 0 Å². The van der Waals surface area contributed by atoms with Crippen molar-refractivity contribution in [3.05, 3.63) is 82.6 Å². The smallest absolute Gasteiger partial charge is 0.252 e. The number of hydrogen-bond acceptors (Lipinski definition) is 4. The SMILES string of the molecule is Cc1nnc(C(NC(=O)c2ccc(C)c(C)c2)c2ccccc2)o1. The number of amides is 1. The molecule has 0 radical (unpaired) electrons. The van der Waals surface area contributed by atoms with Gasteiger partial charge in [0.25, 0.3) is 5.91 Å². The molecule has 0 fully saturated rings. The summed E-state index contributed by atoms with van der Waals surface area (Å²) in [5.74, 6) is 0.657. The summed E-state index contributed by atoms with van der Waals surface area (Å²) in [4.78, 5) is 12.7. The third-order valence-electron chi connectivity index (χ3n) is 3.97. The van der Waals surface area contributed by atoms with Gasteiger partial charge in [-0.1, -0.05) is 36.4 Å². The fourth-order valence-corrected chi connectivity index (χ4v) is 2.46. The average molecular weight is 321 g/mol. The van der Waals surface area contributed by atoms with Crippen LogP contribution in [0.25, 0.3) is 0 Å². The van der Waals surface area contributed by atoms with Crippen LogP contribution in [0.2, 0.25) is 0 Å². The van der Waals surface area contributed by atoms with E-state index in [-0.39, 0.29) is 5.91 Å². The maximum Gasteiger partial charge on any atom is 0.252 e. The summed E-state index contributed by atoms with van der Waals surface area (Å²) in [6.07, 6.45) is 0. The number of nitrogens with zero attached hydrogens (tertiary/aromatic N) is 2. The van der Waals surface area contributed by atoms with Gasteiger partial charge in [-0.05, 0) is 42.7 Å². The number of hydrogen-bond donors (Lipinski definition) is 1. The van der Waals surface area contributed by atoms with Gasteiger partial charge in [0.1, 0.15) is 6.04 Å². The van der Waals surface area contributed by atoms with E-state index in [1.54, 1.807) is 6.92 Å². The molecule has 1 atom stereocenters. The van der Waals surface area contributed by atoms with E-state index < -0.39 is 6.04 Å². The third kappa shape index (κ3) is 3.35. The van der Waals surface area contributed by atoms with E-state index in [9.17, 15) is 4.79 Å². The van der Waals surface area contributed by atoms with Gasteiger partial charge in [0.2, 0.25) is 11.8 Å². The Morgan fingerprint density at radius 1 is 1.00 bits per heavy atom. The highest BCUT2D eigenvalue weighted by atomic mass is 16.4. The van der Waals surface area contributed by atoms with E-state index in [0.717, 1.165) is 16.7 Å². The molecule has 0 spiro atoms. The van der Waals surface area contributed by atoms with Crippen molar-refractivity contribution in [2.75, 3.05) is 0 Å². The fourth-order valence-electron chi connectivity index (χ4n) is 2.46. The molecule has 122 valence electrons. The van der Waals surface area contributed by atoms with Gasteiger partial charge < -0.3 is 9.73 Å². The van der Waals surface area contributed by atoms with Crippen molar-refractivity contribution in [3.63, 3.8) is 0 Å². The molecule has 5 heteroatoms. The van der Waals surface area contributed by atoms with Crippen LogP contribution in [0.15, 0.2) is 52.9 Å². The van der Waals surface area contributed by atoms with Crippen LogP contribution >= 0.6 is 0 Å². The number of benzene rings is 2. The molecule has 0 aliphatic carbocycles. The maximum atomic E-state index is 12.7. The van der Waals surface area contributed by atoms with E-state index in [2.05, 4.69) is 15.5 Å². The highest BCUT2D eigenvalue weighted by Gasteiger charge is 2.23. The zero-order valence-corrected chi connectivity index (χ0v) is 13.9. The van der Waals surface area contributed by atoms with Gasteiger partial charge in [-0.2, -0.15) is 0 Å². The molecule has 0 aliphatic rings. The molecule has 24 heavy (non-hydrogen) atoms. The molecule has 3 rings (SSSR count). The van der Waals surface area contributed by atoms with Crippen LogP contribution < -0.4 is 5.32 Å². The van der Waals surface area contributed by atoms with Crippen LogP contribution in [-0.2, 0) is 0 Å². The summed E-state index contributed by atoms with van der Waals surface area (Å²) in [7, 11) is 0. The maximum absolute atomic E-state index is 12.7. The molecule has 3 aromatic rings. The number of aryl methyl sites for hydroxylation is 3. The Kier molecular flexibility index (Phi) is 4.42. The van der Waals surface area contributed by atoms with Crippen LogP contribution in [0.1, 0.15) is 44.9 Å². The number of aromatic nitrogens is 2. The van der Waals surface area contributed by atoms with E-state index >= 15 is 0 Å². The molecule has 2 aromatic carbocycles. The molecule has 0 aliphatic heterocycles. The molecular formula is C19H19N3O2. The van der Waals surface area contributed by atoms with E-state index in [1.807, 2.05) is 62.4 Å². The van der Waals surface area contributed by atoms with Gasteiger partial charge in [-0.25, -0.2) is 0 Å². The second-order valence-corrected chi connectivity index (χ2v) is 5.78. The van der Waals surface area contributed by atoms with Crippen LogP contribution in [-0.4, -0.2) is 16.1 Å². The Balaban J connectivity index is 1.91. The molecule has 1 heterocycles. The molecule has 5 nitrogen and oxygen atoms in total. The molecule has 1 amide bonds. The monoisotopic (exact) mass is 321 g/mol. The molecule has 0 saturated carbocycles. The van der Waals surface area contributed by atoms with Crippen molar-refractivity contribution >= 4 is 5.91 Å². The Hall–Kier alpha value is -2.95. The largest absolute Gasteiger partial charge is 0.423 e. The first-order valence-electron chi connectivity index (χ1n) is 7.77. The van der Waals surface area contributed by atoms with Gasteiger partial charge in [-0.3, -0.25) is 4.79 Å². The summed E-state index contributed by atoms with van der Waals surface area (Å²) in [5, 5.41) is 10.9. The Labute approximate surface area is 140 Å². The zero-order valence-electron chi connectivity index (χ0n) is 13.9. The predicted molar refractivity (Wildman–Crippen MR) is 90.7 cm³/mol. The van der Waals surface area contributed by atoms with Crippen molar-refractivity contribution in [2.45, 2.75) is 26.8 Å². The summed E-state index contributed by atoms with van der Waals surface area (Å²) in [6, 6.07) is 14.7. The Morgan fingerprint density at radius 2 is 1.75 bits per heavy atom. The van der Waals surface area contributed by atoms with Crippen molar-refractivity contribution in [1.82, 2.24) is 15.5 Å². The first kappa shape index (κ1) is 15.9. The topological polar surface area (TPSA) is 68.0 Å². The third-order valence-corrected chi connectivity index (χ3v) is 3.97. The van der Waals surface area contributed by atoms with E-state index in [4.69, 9.17) is 4.42 Å². The number of carbonyl (C=O) groups excluding carboxylic acids is 1. The Bertz CT molecular complexity index is 856. The molecule has 0 saturated heterocycles. The van der Waals surface area contributed by atoms with Gasteiger partial charge >= 0.3 is 0 Å². The van der Waals surface area contributed by atoms with Gasteiger partial charge in [0, 0.05) is 12.5 Å². The summed E-state index contributed by atoms with van der Waals surface area (Å²) in [5.41, 5.74) is 3.72. The lowest BCUT2D eigenvalue weighted by Crippen LogP contribution is -2.29. The molecule has 1 N–H and O–H groups in total. The van der Waals surface area contributed by atoms with Gasteiger partial charge in [-0.15, -0.1) is 10.2 Å². The molecule has 0 bridgehead atoms. The normalized spacial score (nSPS) is 12.0. The first-order chi connectivity index (χ1) is 11.5. The number of nitrogens with one attached hydrogen (secondary N) is 1. The van der Waals surface area contributed by atoms with E-state index in [0.29, 0.717) is 17.3 Å². The summed E-state index contributed by atoms with van der Waals surface area (Å²) in [6.45, 7) is 5.73. The standard InChI is InChI=1S/C19H19N3O2/c1-12-9-10-16(11-13(12)2)18(23)20-17(15-7-5-4-6-8-15)19-22-21-14(3)24-19/h4-11,17H,1-3H3,(H,20,23). The molecular weight excluding hydrogens is 302 g/mol. The summed E-state index contributed by atoms with van der Waals surface area (Å²) >= 11 is 0. The first-order valence-corrected chi connectivity index (χ1v) is 7.77. The lowest BCUT2D eigenvalue weighted by molar-refractivity contribution is 0.0937. The van der Waals surface area contributed by atoms with Crippen molar-refractivity contribution in [1.29, 1.82) is 0 Å². The fraction of sp³-hybridized carbons (Fsp3) is 0.211. The molecule has 1 unspecified atom stereocenters. The quantitative estimate of drug-likeness (QED) is 0.798. The highest BCUT2D eigenvalue weighted by molar-refractivity contribution is 5.94. The second kappa shape index (κ2) is 6.66. The van der Waals surface area contributed by atoms with Crippen LogP contribution in [0.3, 0.4) is 0 Å². The van der Waals surface area contributed by atoms with Crippen molar-refractivity contribution < 1.29 is 9.21 Å².